The fourth-order valence-electron chi connectivity index (χ4n) is 1.88. The first kappa shape index (κ1) is 12.9. The third kappa shape index (κ3) is 2.22. The Morgan fingerprint density at radius 1 is 1.50 bits per heavy atom. The van der Waals surface area contributed by atoms with E-state index in [0.717, 1.165) is 4.90 Å². The summed E-state index contributed by atoms with van der Waals surface area (Å²) in [4.78, 5) is 16.9. The minimum atomic E-state index is -4.71. The molecule has 1 atom stereocenters. The molecule has 2 rings (SSSR count). The molecule has 1 amide bonds. The van der Waals surface area contributed by atoms with E-state index < -0.39 is 21.4 Å². The van der Waals surface area contributed by atoms with Gasteiger partial charge in [-0.2, -0.15) is 13.4 Å². The van der Waals surface area contributed by atoms with E-state index in [1.165, 1.54) is 4.68 Å². The van der Waals surface area contributed by atoms with Crippen LogP contribution in [0.15, 0.2) is 0 Å². The summed E-state index contributed by atoms with van der Waals surface area (Å²) in [6, 6.07) is 0. The van der Waals surface area contributed by atoms with Crippen molar-refractivity contribution in [3.8, 4) is 0 Å². The van der Waals surface area contributed by atoms with Crippen molar-refractivity contribution in [3.63, 3.8) is 0 Å². The molecular formula is C9H13FN4O3S. The van der Waals surface area contributed by atoms with Crippen molar-refractivity contribution < 1.29 is 17.1 Å². The van der Waals surface area contributed by atoms with Crippen LogP contribution in [0.5, 0.6) is 0 Å². The zero-order valence-corrected chi connectivity index (χ0v) is 10.8. The molecule has 0 aliphatic carbocycles. The summed E-state index contributed by atoms with van der Waals surface area (Å²) >= 11 is 0. The fourth-order valence-corrected chi connectivity index (χ4v) is 2.55. The van der Waals surface area contributed by atoms with Gasteiger partial charge >= 0.3 is 10.2 Å². The number of carbonyl (C=O) groups excluding carboxylic acids is 1. The highest BCUT2D eigenvalue weighted by atomic mass is 32.3. The van der Waals surface area contributed by atoms with E-state index in [2.05, 4.69) is 10.1 Å². The lowest BCUT2D eigenvalue weighted by molar-refractivity contribution is -0.117. The minimum absolute atomic E-state index is 0.130. The van der Waals surface area contributed by atoms with Crippen LogP contribution in [0.25, 0.3) is 0 Å². The van der Waals surface area contributed by atoms with Crippen molar-refractivity contribution >= 4 is 22.1 Å². The van der Waals surface area contributed by atoms with Crippen molar-refractivity contribution in [1.29, 1.82) is 0 Å². The predicted octanol–water partition coefficient (Wildman–Crippen LogP) is -0.218. The zero-order chi connectivity index (χ0) is 13.5. The highest BCUT2D eigenvalue weighted by Crippen LogP contribution is 2.23. The first-order valence-corrected chi connectivity index (χ1v) is 6.91. The number of aromatic nitrogens is 3. The number of carbonyl (C=O) groups is 1. The zero-order valence-electron chi connectivity index (χ0n) is 10.00. The smallest absolute Gasteiger partial charge is 0.278 e. The van der Waals surface area contributed by atoms with E-state index >= 15 is 0 Å². The third-order valence-corrected chi connectivity index (χ3v) is 4.00. The van der Waals surface area contributed by atoms with Gasteiger partial charge in [-0.15, -0.1) is 8.98 Å². The SMILES string of the molecule is CCc1nc(N2CC(S(=O)(=O)F)CC2=O)nn1C. The number of aryl methyl sites for hydroxylation is 2. The monoisotopic (exact) mass is 276 g/mol. The maximum Gasteiger partial charge on any atom is 0.307 e. The Kier molecular flexibility index (Phi) is 3.09. The average molecular weight is 276 g/mol. The molecule has 0 spiro atoms. The van der Waals surface area contributed by atoms with E-state index in [1.807, 2.05) is 6.92 Å². The van der Waals surface area contributed by atoms with E-state index in [-0.39, 0.29) is 18.9 Å². The van der Waals surface area contributed by atoms with Crippen LogP contribution in [0, 0.1) is 0 Å². The number of rotatable bonds is 3. The molecule has 1 saturated heterocycles. The van der Waals surface area contributed by atoms with Gasteiger partial charge in [-0.05, 0) is 0 Å². The predicted molar refractivity (Wildman–Crippen MR) is 61.2 cm³/mol. The van der Waals surface area contributed by atoms with Gasteiger partial charge in [0.15, 0.2) is 0 Å². The van der Waals surface area contributed by atoms with Crippen LogP contribution in [-0.4, -0.2) is 40.9 Å². The molecule has 9 heteroatoms. The molecular weight excluding hydrogens is 263 g/mol. The summed E-state index contributed by atoms with van der Waals surface area (Å²) in [6.45, 7) is 1.65. The van der Waals surface area contributed by atoms with Crippen molar-refractivity contribution in [2.75, 3.05) is 11.4 Å². The lowest BCUT2D eigenvalue weighted by Crippen LogP contribution is -2.28. The molecule has 0 radical (unpaired) electrons. The van der Waals surface area contributed by atoms with Crippen molar-refractivity contribution in [3.05, 3.63) is 5.82 Å². The van der Waals surface area contributed by atoms with Crippen LogP contribution in [0.3, 0.4) is 0 Å². The maximum atomic E-state index is 12.9. The lowest BCUT2D eigenvalue weighted by Gasteiger charge is -2.10. The summed E-state index contributed by atoms with van der Waals surface area (Å²) in [5.41, 5.74) is 0. The Bertz CT molecular complexity index is 583. The highest BCUT2D eigenvalue weighted by molar-refractivity contribution is 7.87. The Morgan fingerprint density at radius 3 is 2.61 bits per heavy atom. The van der Waals surface area contributed by atoms with E-state index in [1.54, 1.807) is 7.05 Å². The van der Waals surface area contributed by atoms with Gasteiger partial charge in [0, 0.05) is 26.4 Å². The molecule has 0 bridgehead atoms. The second kappa shape index (κ2) is 4.30. The molecule has 7 nitrogen and oxygen atoms in total. The second-order valence-corrected chi connectivity index (χ2v) is 5.73. The van der Waals surface area contributed by atoms with Gasteiger partial charge < -0.3 is 0 Å². The van der Waals surface area contributed by atoms with Gasteiger partial charge in [-0.1, -0.05) is 6.92 Å². The Labute approximate surface area is 104 Å². The Balaban J connectivity index is 2.27. The highest BCUT2D eigenvalue weighted by Gasteiger charge is 2.40. The molecule has 18 heavy (non-hydrogen) atoms. The second-order valence-electron chi connectivity index (χ2n) is 4.11. The number of nitrogens with zero attached hydrogens (tertiary/aromatic N) is 4. The quantitative estimate of drug-likeness (QED) is 0.713. The Morgan fingerprint density at radius 2 is 2.17 bits per heavy atom. The fraction of sp³-hybridized carbons (Fsp3) is 0.667. The average Bonchev–Trinajstić information content (AvgIpc) is 2.80. The normalized spacial score (nSPS) is 20.7. The molecule has 0 N–H and O–H groups in total. The van der Waals surface area contributed by atoms with E-state index in [9.17, 15) is 17.1 Å². The van der Waals surface area contributed by atoms with Crippen LogP contribution in [0.1, 0.15) is 19.2 Å². The Hall–Kier alpha value is -1.51. The summed E-state index contributed by atoms with van der Waals surface area (Å²) < 4.78 is 36.0. The molecule has 0 aromatic carbocycles. The lowest BCUT2D eigenvalue weighted by atomic mass is 10.4. The molecule has 0 saturated carbocycles. The van der Waals surface area contributed by atoms with Crippen molar-refractivity contribution in [1.82, 2.24) is 14.8 Å². The standard InChI is InChI=1S/C9H13FN4O3S/c1-3-7-11-9(12-13(7)2)14-5-6(4-8(14)15)18(10,16)17/h6H,3-5H2,1-2H3. The van der Waals surface area contributed by atoms with Gasteiger partial charge in [-0.25, -0.2) is 0 Å². The maximum absolute atomic E-state index is 12.9. The summed E-state index contributed by atoms with van der Waals surface area (Å²) in [5.74, 6) is 0.323. The van der Waals surface area contributed by atoms with Gasteiger partial charge in [0.1, 0.15) is 11.1 Å². The largest absolute Gasteiger partial charge is 0.307 e. The number of halogens is 1. The molecule has 1 unspecified atom stereocenters. The van der Waals surface area contributed by atoms with Gasteiger partial charge in [0.25, 0.3) is 5.95 Å². The summed E-state index contributed by atoms with van der Waals surface area (Å²) in [6.07, 6.45) is 0.273. The number of anilines is 1. The van der Waals surface area contributed by atoms with Gasteiger partial charge in [0.05, 0.1) is 0 Å². The molecule has 1 aromatic rings. The van der Waals surface area contributed by atoms with Crippen LogP contribution < -0.4 is 4.90 Å². The molecule has 2 heterocycles. The van der Waals surface area contributed by atoms with Crippen molar-refractivity contribution in [2.45, 2.75) is 25.0 Å². The molecule has 1 aromatic heterocycles. The van der Waals surface area contributed by atoms with E-state index in [4.69, 9.17) is 0 Å². The third-order valence-electron chi connectivity index (χ3n) is 2.89. The molecule has 1 fully saturated rings. The first-order chi connectivity index (χ1) is 8.32. The van der Waals surface area contributed by atoms with Crippen molar-refractivity contribution in [2.24, 2.45) is 7.05 Å². The van der Waals surface area contributed by atoms with Crippen LogP contribution in [-0.2, 0) is 28.5 Å². The molecule has 1 aliphatic heterocycles. The van der Waals surface area contributed by atoms with Crippen LogP contribution in [0.2, 0.25) is 0 Å². The molecule has 100 valence electrons. The first-order valence-electron chi connectivity index (χ1n) is 5.46. The van der Waals surface area contributed by atoms with Crippen LogP contribution >= 0.6 is 0 Å². The van der Waals surface area contributed by atoms with E-state index in [0.29, 0.717) is 12.2 Å². The topological polar surface area (TPSA) is 85.2 Å². The van der Waals surface area contributed by atoms with Gasteiger partial charge in [0.2, 0.25) is 5.91 Å². The van der Waals surface area contributed by atoms with Crippen LogP contribution in [0.4, 0.5) is 9.83 Å². The number of hydrogen-bond acceptors (Lipinski definition) is 5. The summed E-state index contributed by atoms with van der Waals surface area (Å²) in [5, 5.41) is 2.70. The molecule has 1 aliphatic rings. The minimum Gasteiger partial charge on any atom is -0.278 e. The van der Waals surface area contributed by atoms with Gasteiger partial charge in [-0.3, -0.25) is 14.4 Å². The number of hydrogen-bond donors (Lipinski definition) is 0. The summed E-state index contributed by atoms with van der Waals surface area (Å²) in [7, 11) is -3.03. The number of amides is 1.